The van der Waals surface area contributed by atoms with Crippen LogP contribution in [0.1, 0.15) is 50.8 Å². The van der Waals surface area contributed by atoms with E-state index >= 15 is 0 Å². The quantitative estimate of drug-likeness (QED) is 0.781. The standard InChI is InChI=1S/C23H26N2O/c1-4-15-9-11-16(12-10-15)22-21-19(13-23(2,3)14-20(21)26)24-17-7-5-6-8-18(17)25-22/h5-12,21-22,25H,4,13-14H2,1-3H3/t21-,22-/m0/s1. The van der Waals surface area contributed by atoms with Crippen LogP contribution in [0.5, 0.6) is 0 Å². The highest BCUT2D eigenvalue weighted by Crippen LogP contribution is 2.44. The van der Waals surface area contributed by atoms with E-state index in [1.807, 2.05) is 18.2 Å². The minimum absolute atomic E-state index is 0.0255. The first-order valence-electron chi connectivity index (χ1n) is 9.51. The summed E-state index contributed by atoms with van der Waals surface area (Å²) in [6.07, 6.45) is 2.49. The molecule has 0 aromatic heterocycles. The van der Waals surface area contributed by atoms with Crippen molar-refractivity contribution in [3.8, 4) is 0 Å². The Morgan fingerprint density at radius 1 is 1.08 bits per heavy atom. The highest BCUT2D eigenvalue weighted by Gasteiger charge is 2.43. The molecule has 0 saturated heterocycles. The first-order chi connectivity index (χ1) is 12.5. The minimum atomic E-state index is -0.192. The lowest BCUT2D eigenvalue weighted by atomic mass is 9.68. The fourth-order valence-corrected chi connectivity index (χ4v) is 4.25. The Bertz CT molecular complexity index is 864. The lowest BCUT2D eigenvalue weighted by molar-refractivity contribution is -0.124. The van der Waals surface area contributed by atoms with Crippen LogP contribution in [0.3, 0.4) is 0 Å². The van der Waals surface area contributed by atoms with E-state index in [0.29, 0.717) is 12.2 Å². The summed E-state index contributed by atoms with van der Waals surface area (Å²) >= 11 is 0. The molecule has 0 spiro atoms. The molecule has 0 unspecified atom stereocenters. The number of aryl methyl sites for hydroxylation is 1. The van der Waals surface area contributed by atoms with E-state index in [4.69, 9.17) is 4.99 Å². The summed E-state index contributed by atoms with van der Waals surface area (Å²) in [5, 5.41) is 3.63. The third-order valence-electron chi connectivity index (χ3n) is 5.58. The summed E-state index contributed by atoms with van der Waals surface area (Å²) in [6.45, 7) is 6.49. The van der Waals surface area contributed by atoms with Gasteiger partial charge in [-0.1, -0.05) is 57.2 Å². The molecule has 0 bridgehead atoms. The largest absolute Gasteiger partial charge is 0.375 e. The summed E-state index contributed by atoms with van der Waals surface area (Å²) in [7, 11) is 0. The zero-order valence-corrected chi connectivity index (χ0v) is 15.8. The van der Waals surface area contributed by atoms with Gasteiger partial charge in [0.2, 0.25) is 0 Å². The molecule has 0 amide bonds. The van der Waals surface area contributed by atoms with E-state index in [0.717, 1.165) is 35.5 Å². The molecule has 2 aromatic carbocycles. The van der Waals surface area contributed by atoms with Gasteiger partial charge in [0.1, 0.15) is 5.78 Å². The number of nitrogens with one attached hydrogen (secondary N) is 1. The molecule has 2 aliphatic rings. The number of aliphatic imine (C=N–C) groups is 1. The highest BCUT2D eigenvalue weighted by atomic mass is 16.1. The number of rotatable bonds is 2. The van der Waals surface area contributed by atoms with Crippen molar-refractivity contribution in [2.45, 2.75) is 46.1 Å². The molecule has 4 rings (SSSR count). The van der Waals surface area contributed by atoms with Crippen LogP contribution in [0, 0.1) is 11.3 Å². The van der Waals surface area contributed by atoms with Gasteiger partial charge in [0.15, 0.2) is 0 Å². The maximum absolute atomic E-state index is 13.1. The Labute approximate surface area is 155 Å². The van der Waals surface area contributed by atoms with Gasteiger partial charge in [-0.05, 0) is 41.5 Å². The molecular formula is C23H26N2O. The molecule has 1 saturated carbocycles. The van der Waals surface area contributed by atoms with E-state index in [1.165, 1.54) is 5.56 Å². The number of ketones is 1. The van der Waals surface area contributed by atoms with Crippen LogP contribution < -0.4 is 5.32 Å². The Morgan fingerprint density at radius 3 is 2.54 bits per heavy atom. The Kier molecular flexibility index (Phi) is 4.18. The maximum atomic E-state index is 13.1. The maximum Gasteiger partial charge on any atom is 0.144 e. The van der Waals surface area contributed by atoms with Crippen LogP contribution in [0.2, 0.25) is 0 Å². The second kappa shape index (κ2) is 6.39. The van der Waals surface area contributed by atoms with Gasteiger partial charge < -0.3 is 5.32 Å². The van der Waals surface area contributed by atoms with Gasteiger partial charge in [-0.25, -0.2) is 0 Å². The van der Waals surface area contributed by atoms with Crippen molar-refractivity contribution in [1.82, 2.24) is 0 Å². The Morgan fingerprint density at radius 2 is 1.81 bits per heavy atom. The third kappa shape index (κ3) is 3.07. The predicted molar refractivity (Wildman–Crippen MR) is 107 cm³/mol. The fraction of sp³-hybridized carbons (Fsp3) is 0.391. The van der Waals surface area contributed by atoms with Gasteiger partial charge in [0.25, 0.3) is 0 Å². The average molecular weight is 346 g/mol. The monoisotopic (exact) mass is 346 g/mol. The van der Waals surface area contributed by atoms with Crippen LogP contribution >= 0.6 is 0 Å². The van der Waals surface area contributed by atoms with Crippen LogP contribution in [0.25, 0.3) is 0 Å². The first kappa shape index (κ1) is 17.0. The molecule has 0 radical (unpaired) electrons. The molecule has 2 aromatic rings. The van der Waals surface area contributed by atoms with Crippen LogP contribution in [0.4, 0.5) is 11.4 Å². The molecule has 1 aliphatic carbocycles. The number of carbonyl (C=O) groups is 1. The van der Waals surface area contributed by atoms with E-state index in [-0.39, 0.29) is 17.4 Å². The smallest absolute Gasteiger partial charge is 0.144 e. The van der Waals surface area contributed by atoms with Crippen molar-refractivity contribution >= 4 is 22.9 Å². The van der Waals surface area contributed by atoms with Crippen LogP contribution in [0.15, 0.2) is 53.5 Å². The molecule has 26 heavy (non-hydrogen) atoms. The SMILES string of the molecule is CCc1ccc([C@@H]2Nc3ccccc3N=C3CC(C)(C)CC(=O)[C@H]32)cc1. The molecule has 1 heterocycles. The van der Waals surface area contributed by atoms with Crippen LogP contribution in [-0.4, -0.2) is 11.5 Å². The number of hydrogen-bond acceptors (Lipinski definition) is 3. The number of anilines is 1. The first-order valence-corrected chi connectivity index (χ1v) is 9.51. The number of Topliss-reactive ketones (excluding diaryl/α,β-unsaturated/α-hetero) is 1. The number of benzene rings is 2. The number of nitrogens with zero attached hydrogens (tertiary/aromatic N) is 1. The minimum Gasteiger partial charge on any atom is -0.375 e. The fourth-order valence-electron chi connectivity index (χ4n) is 4.25. The second-order valence-electron chi connectivity index (χ2n) is 8.30. The van der Waals surface area contributed by atoms with E-state index < -0.39 is 0 Å². The predicted octanol–water partition coefficient (Wildman–Crippen LogP) is 5.49. The average Bonchev–Trinajstić information content (AvgIpc) is 2.77. The molecule has 1 N–H and O–H groups in total. The molecular weight excluding hydrogens is 320 g/mol. The van der Waals surface area contributed by atoms with Gasteiger partial charge in [-0.2, -0.15) is 0 Å². The van der Waals surface area contributed by atoms with Crippen molar-refractivity contribution in [2.75, 3.05) is 5.32 Å². The Balaban J connectivity index is 1.83. The Hall–Kier alpha value is -2.42. The topological polar surface area (TPSA) is 41.5 Å². The number of para-hydroxylation sites is 2. The number of carbonyl (C=O) groups excluding carboxylic acids is 1. The van der Waals surface area contributed by atoms with Crippen molar-refractivity contribution in [1.29, 1.82) is 0 Å². The van der Waals surface area contributed by atoms with Gasteiger partial charge in [-0.3, -0.25) is 9.79 Å². The van der Waals surface area contributed by atoms with E-state index in [2.05, 4.69) is 56.4 Å². The normalized spacial score (nSPS) is 24.0. The second-order valence-corrected chi connectivity index (χ2v) is 8.30. The van der Waals surface area contributed by atoms with Crippen molar-refractivity contribution in [3.05, 3.63) is 59.7 Å². The summed E-state index contributed by atoms with van der Waals surface area (Å²) in [5.41, 5.74) is 5.41. The van der Waals surface area contributed by atoms with E-state index in [1.54, 1.807) is 0 Å². The molecule has 3 heteroatoms. The summed E-state index contributed by atoms with van der Waals surface area (Å²) in [6, 6.07) is 16.7. The molecule has 1 aliphatic heterocycles. The molecule has 2 atom stereocenters. The zero-order chi connectivity index (χ0) is 18.3. The van der Waals surface area contributed by atoms with Gasteiger partial charge in [-0.15, -0.1) is 0 Å². The summed E-state index contributed by atoms with van der Waals surface area (Å²) < 4.78 is 0. The van der Waals surface area contributed by atoms with Crippen molar-refractivity contribution in [3.63, 3.8) is 0 Å². The molecule has 1 fully saturated rings. The van der Waals surface area contributed by atoms with Crippen molar-refractivity contribution in [2.24, 2.45) is 16.3 Å². The lowest BCUT2D eigenvalue weighted by Crippen LogP contribution is -2.42. The highest BCUT2D eigenvalue weighted by molar-refractivity contribution is 6.10. The molecule has 3 nitrogen and oxygen atoms in total. The number of fused-ring (bicyclic) bond motifs is 2. The van der Waals surface area contributed by atoms with E-state index in [9.17, 15) is 4.79 Å². The summed E-state index contributed by atoms with van der Waals surface area (Å²) in [4.78, 5) is 18.1. The van der Waals surface area contributed by atoms with Gasteiger partial charge in [0, 0.05) is 12.1 Å². The molecule has 134 valence electrons. The third-order valence-corrected chi connectivity index (χ3v) is 5.58. The van der Waals surface area contributed by atoms with Crippen molar-refractivity contribution < 1.29 is 4.79 Å². The lowest BCUT2D eigenvalue weighted by Gasteiger charge is -2.37. The summed E-state index contributed by atoms with van der Waals surface area (Å²) in [5.74, 6) is 0.104. The van der Waals surface area contributed by atoms with Crippen LogP contribution in [-0.2, 0) is 11.2 Å². The van der Waals surface area contributed by atoms with Gasteiger partial charge >= 0.3 is 0 Å². The van der Waals surface area contributed by atoms with Gasteiger partial charge in [0.05, 0.1) is 23.3 Å². The number of hydrogen-bond donors (Lipinski definition) is 1. The zero-order valence-electron chi connectivity index (χ0n) is 15.8.